The van der Waals surface area contributed by atoms with Crippen molar-refractivity contribution in [1.29, 1.82) is 0 Å². The first-order valence-electron chi connectivity index (χ1n) is 4.61. The van der Waals surface area contributed by atoms with Crippen molar-refractivity contribution < 1.29 is 4.43 Å². The normalized spacial score (nSPS) is 32.0. The highest BCUT2D eigenvalue weighted by molar-refractivity contribution is 5.98. The van der Waals surface area contributed by atoms with E-state index in [1.165, 1.54) is 24.8 Å². The number of rotatable bonds is 1. The molecule has 1 nitrogen and oxygen atoms in total. The highest BCUT2D eigenvalue weighted by Gasteiger charge is 2.33. The van der Waals surface area contributed by atoms with Crippen molar-refractivity contribution >= 4 is 10.5 Å². The SMILES string of the molecule is CC1CCCC(=CO[Si])C1(C)C. The van der Waals surface area contributed by atoms with Crippen molar-refractivity contribution in [3.8, 4) is 0 Å². The smallest absolute Gasteiger partial charge is 0.340 e. The quantitative estimate of drug-likeness (QED) is 0.446. The first-order valence-corrected chi connectivity index (χ1v) is 5.01. The molecule has 0 N–H and O–H groups in total. The lowest BCUT2D eigenvalue weighted by Crippen LogP contribution is -2.28. The Kier molecular flexibility index (Phi) is 2.99. The molecule has 0 spiro atoms. The molecular weight excluding hydrogens is 164 g/mol. The Labute approximate surface area is 78.7 Å². The first kappa shape index (κ1) is 9.84. The Balaban J connectivity index is 2.79. The summed E-state index contributed by atoms with van der Waals surface area (Å²) in [5.74, 6) is 0.763. The molecule has 0 aromatic carbocycles. The van der Waals surface area contributed by atoms with E-state index in [4.69, 9.17) is 4.43 Å². The Bertz CT molecular complexity index is 184. The molecule has 0 aromatic heterocycles. The van der Waals surface area contributed by atoms with Crippen LogP contribution in [0.1, 0.15) is 40.0 Å². The van der Waals surface area contributed by atoms with Crippen molar-refractivity contribution in [2.24, 2.45) is 11.3 Å². The van der Waals surface area contributed by atoms with Crippen molar-refractivity contribution in [1.82, 2.24) is 0 Å². The predicted octanol–water partition coefficient (Wildman–Crippen LogP) is 2.82. The van der Waals surface area contributed by atoms with Crippen molar-refractivity contribution in [3.05, 3.63) is 11.8 Å². The van der Waals surface area contributed by atoms with Crippen LogP contribution in [0.3, 0.4) is 0 Å². The molecule has 0 saturated heterocycles. The van der Waals surface area contributed by atoms with Crippen LogP contribution in [0.5, 0.6) is 0 Å². The fourth-order valence-electron chi connectivity index (χ4n) is 1.88. The monoisotopic (exact) mass is 181 g/mol. The van der Waals surface area contributed by atoms with Gasteiger partial charge in [-0.3, -0.25) is 0 Å². The van der Waals surface area contributed by atoms with Crippen LogP contribution in [0.4, 0.5) is 0 Å². The molecular formula is C10H17OSi. The van der Waals surface area contributed by atoms with E-state index >= 15 is 0 Å². The summed E-state index contributed by atoms with van der Waals surface area (Å²) in [6.45, 7) is 6.92. The van der Waals surface area contributed by atoms with Crippen molar-refractivity contribution in [2.75, 3.05) is 0 Å². The fraction of sp³-hybridized carbons (Fsp3) is 0.800. The molecule has 1 unspecified atom stereocenters. The lowest BCUT2D eigenvalue weighted by atomic mass is 9.67. The fourth-order valence-corrected chi connectivity index (χ4v) is 2.02. The number of hydrogen-bond donors (Lipinski definition) is 0. The van der Waals surface area contributed by atoms with Crippen LogP contribution in [-0.4, -0.2) is 10.5 Å². The van der Waals surface area contributed by atoms with E-state index < -0.39 is 0 Å². The molecule has 2 heteroatoms. The average molecular weight is 181 g/mol. The summed E-state index contributed by atoms with van der Waals surface area (Å²) in [6, 6.07) is 0. The van der Waals surface area contributed by atoms with Gasteiger partial charge in [0.2, 0.25) is 0 Å². The summed E-state index contributed by atoms with van der Waals surface area (Å²) in [4.78, 5) is 0. The Morgan fingerprint density at radius 1 is 1.58 bits per heavy atom. The third-order valence-corrected chi connectivity index (χ3v) is 3.46. The summed E-state index contributed by atoms with van der Waals surface area (Å²) in [7, 11) is 3.03. The van der Waals surface area contributed by atoms with Gasteiger partial charge in [0.05, 0.1) is 6.26 Å². The molecule has 1 fully saturated rings. The summed E-state index contributed by atoms with van der Waals surface area (Å²) in [5.41, 5.74) is 1.74. The number of hydrogen-bond acceptors (Lipinski definition) is 1. The standard InChI is InChI=1S/C10H17OSi/c1-8-5-4-6-9(7-11-12)10(8,2)3/h7-8H,4-6H2,1-3H3. The van der Waals surface area contributed by atoms with Gasteiger partial charge in [0.1, 0.15) is 0 Å². The third kappa shape index (κ3) is 1.74. The summed E-state index contributed by atoms with van der Waals surface area (Å²) >= 11 is 0. The van der Waals surface area contributed by atoms with Crippen LogP contribution in [0.25, 0.3) is 0 Å². The zero-order valence-electron chi connectivity index (χ0n) is 8.18. The van der Waals surface area contributed by atoms with Crippen LogP contribution in [0.15, 0.2) is 11.8 Å². The molecule has 0 aromatic rings. The van der Waals surface area contributed by atoms with E-state index in [1.807, 2.05) is 6.26 Å². The van der Waals surface area contributed by atoms with Gasteiger partial charge in [0, 0.05) is 0 Å². The van der Waals surface area contributed by atoms with Gasteiger partial charge < -0.3 is 4.43 Å². The lowest BCUT2D eigenvalue weighted by Gasteiger charge is -2.38. The topological polar surface area (TPSA) is 9.23 Å². The molecule has 0 aliphatic heterocycles. The molecule has 1 saturated carbocycles. The Morgan fingerprint density at radius 3 is 2.83 bits per heavy atom. The van der Waals surface area contributed by atoms with Crippen LogP contribution in [0.2, 0.25) is 0 Å². The molecule has 1 rings (SSSR count). The maximum Gasteiger partial charge on any atom is 0.340 e. The second-order valence-corrected chi connectivity index (χ2v) is 4.51. The van der Waals surface area contributed by atoms with Gasteiger partial charge in [-0.15, -0.1) is 0 Å². The molecule has 67 valence electrons. The van der Waals surface area contributed by atoms with E-state index in [1.54, 1.807) is 0 Å². The van der Waals surface area contributed by atoms with Crippen LogP contribution >= 0.6 is 0 Å². The van der Waals surface area contributed by atoms with Gasteiger partial charge >= 0.3 is 10.5 Å². The maximum absolute atomic E-state index is 4.91. The van der Waals surface area contributed by atoms with E-state index in [0.717, 1.165) is 5.92 Å². The number of allylic oxidation sites excluding steroid dienone is 1. The van der Waals surface area contributed by atoms with Gasteiger partial charge in [-0.05, 0) is 36.2 Å². The average Bonchev–Trinajstić information content (AvgIpc) is 2.00. The van der Waals surface area contributed by atoms with Crippen molar-refractivity contribution in [3.63, 3.8) is 0 Å². The van der Waals surface area contributed by atoms with Crippen LogP contribution in [0, 0.1) is 11.3 Å². The van der Waals surface area contributed by atoms with Gasteiger partial charge in [-0.1, -0.05) is 20.8 Å². The van der Waals surface area contributed by atoms with E-state index in [9.17, 15) is 0 Å². The minimum Gasteiger partial charge on any atom is -0.546 e. The minimum absolute atomic E-state index is 0.310. The Hall–Kier alpha value is -0.243. The maximum atomic E-state index is 4.91. The van der Waals surface area contributed by atoms with Crippen LogP contribution in [-0.2, 0) is 4.43 Å². The van der Waals surface area contributed by atoms with Gasteiger partial charge in [-0.25, -0.2) is 0 Å². The highest BCUT2D eigenvalue weighted by Crippen LogP contribution is 2.44. The molecule has 0 bridgehead atoms. The van der Waals surface area contributed by atoms with Gasteiger partial charge in [-0.2, -0.15) is 0 Å². The van der Waals surface area contributed by atoms with Gasteiger partial charge in [0.15, 0.2) is 0 Å². The summed E-state index contributed by atoms with van der Waals surface area (Å²) < 4.78 is 4.91. The molecule has 1 atom stereocenters. The second kappa shape index (κ2) is 3.65. The molecule has 0 heterocycles. The molecule has 3 radical (unpaired) electrons. The van der Waals surface area contributed by atoms with Gasteiger partial charge in [0.25, 0.3) is 0 Å². The van der Waals surface area contributed by atoms with E-state index in [0.29, 0.717) is 5.41 Å². The zero-order chi connectivity index (χ0) is 9.19. The molecule has 0 amide bonds. The van der Waals surface area contributed by atoms with Crippen LogP contribution < -0.4 is 0 Å². The molecule has 1 aliphatic rings. The zero-order valence-corrected chi connectivity index (χ0v) is 9.18. The summed E-state index contributed by atoms with van der Waals surface area (Å²) in [6.07, 6.45) is 5.67. The Morgan fingerprint density at radius 2 is 2.25 bits per heavy atom. The lowest BCUT2D eigenvalue weighted by molar-refractivity contribution is 0.219. The van der Waals surface area contributed by atoms with E-state index in [2.05, 4.69) is 31.3 Å². The summed E-state index contributed by atoms with van der Waals surface area (Å²) in [5, 5.41) is 0. The third-order valence-electron chi connectivity index (χ3n) is 3.34. The predicted molar refractivity (Wildman–Crippen MR) is 51.7 cm³/mol. The molecule has 1 aliphatic carbocycles. The first-order chi connectivity index (χ1) is 5.59. The highest BCUT2D eigenvalue weighted by atomic mass is 28.2. The van der Waals surface area contributed by atoms with Crippen molar-refractivity contribution in [2.45, 2.75) is 40.0 Å². The molecule has 12 heavy (non-hydrogen) atoms. The second-order valence-electron chi connectivity index (χ2n) is 4.28. The largest absolute Gasteiger partial charge is 0.546 e. The minimum atomic E-state index is 0.310. The van der Waals surface area contributed by atoms with E-state index in [-0.39, 0.29) is 0 Å².